The molecule has 0 unspecified atom stereocenters. The van der Waals surface area contributed by atoms with Crippen molar-refractivity contribution in [2.45, 2.75) is 25.2 Å². The first kappa shape index (κ1) is 10.3. The summed E-state index contributed by atoms with van der Waals surface area (Å²) in [5.41, 5.74) is 1.82. The Kier molecular flexibility index (Phi) is 2.76. The first-order chi connectivity index (χ1) is 5.93. The van der Waals surface area contributed by atoms with Crippen LogP contribution in [-0.4, -0.2) is 14.7 Å². The second-order valence-electron chi connectivity index (χ2n) is 3.15. The molecular weight excluding hydrogens is 184 g/mol. The average molecular weight is 197 g/mol. The molecule has 71 valence electrons. The number of sulfone groups is 1. The summed E-state index contributed by atoms with van der Waals surface area (Å²) < 4.78 is 22.5. The minimum absolute atomic E-state index is 0.389. The molecule has 0 saturated heterocycles. The van der Waals surface area contributed by atoms with Gasteiger partial charge in [-0.25, -0.2) is 8.42 Å². The van der Waals surface area contributed by atoms with E-state index in [1.54, 1.807) is 12.1 Å². The lowest BCUT2D eigenvalue weighted by atomic mass is 10.1. The smallest absolute Gasteiger partial charge is 0.175 e. The predicted molar refractivity (Wildman–Crippen MR) is 52.5 cm³/mol. The van der Waals surface area contributed by atoms with Crippen LogP contribution in [0.25, 0.3) is 0 Å². The molecular formula is C10H13O2S. The molecule has 0 aliphatic carbocycles. The Balaban J connectivity index is 3.33. The predicted octanol–water partition coefficient (Wildman–Crippen LogP) is 1.76. The summed E-state index contributed by atoms with van der Waals surface area (Å²) in [6.07, 6.45) is 2.03. The SMILES string of the molecule is CCc1[c]c(C)cc(S(C)(=O)=O)c1. The van der Waals surface area contributed by atoms with Crippen molar-refractivity contribution in [1.82, 2.24) is 0 Å². The maximum atomic E-state index is 11.2. The van der Waals surface area contributed by atoms with E-state index in [1.165, 1.54) is 6.26 Å². The topological polar surface area (TPSA) is 34.1 Å². The lowest BCUT2D eigenvalue weighted by Crippen LogP contribution is -1.99. The van der Waals surface area contributed by atoms with Crippen LogP contribution >= 0.6 is 0 Å². The van der Waals surface area contributed by atoms with Gasteiger partial charge in [-0.1, -0.05) is 6.92 Å². The van der Waals surface area contributed by atoms with Crippen LogP contribution in [0.5, 0.6) is 0 Å². The Morgan fingerprint density at radius 1 is 1.38 bits per heavy atom. The third kappa shape index (κ3) is 2.56. The third-order valence-corrected chi connectivity index (χ3v) is 2.93. The van der Waals surface area contributed by atoms with Gasteiger partial charge in [0.25, 0.3) is 0 Å². The van der Waals surface area contributed by atoms with Gasteiger partial charge in [0.05, 0.1) is 4.90 Å². The number of aryl methyl sites for hydroxylation is 2. The summed E-state index contributed by atoms with van der Waals surface area (Å²) in [5.74, 6) is 0. The van der Waals surface area contributed by atoms with Crippen LogP contribution in [0.15, 0.2) is 17.0 Å². The fourth-order valence-electron chi connectivity index (χ4n) is 1.16. The Morgan fingerprint density at radius 3 is 2.46 bits per heavy atom. The highest BCUT2D eigenvalue weighted by atomic mass is 32.2. The maximum Gasteiger partial charge on any atom is 0.175 e. The van der Waals surface area contributed by atoms with E-state index in [4.69, 9.17) is 0 Å². The van der Waals surface area contributed by atoms with Gasteiger partial charge < -0.3 is 0 Å². The van der Waals surface area contributed by atoms with E-state index < -0.39 is 9.84 Å². The lowest BCUT2D eigenvalue weighted by molar-refractivity contribution is 0.601. The Hall–Kier alpha value is -0.830. The molecule has 1 rings (SSSR count). The van der Waals surface area contributed by atoms with Crippen LogP contribution in [-0.2, 0) is 16.3 Å². The van der Waals surface area contributed by atoms with E-state index in [1.807, 2.05) is 13.8 Å². The van der Waals surface area contributed by atoms with Gasteiger partial charge >= 0.3 is 0 Å². The van der Waals surface area contributed by atoms with Gasteiger partial charge in [-0.2, -0.15) is 0 Å². The normalized spacial score (nSPS) is 11.6. The van der Waals surface area contributed by atoms with E-state index in [0.717, 1.165) is 17.5 Å². The molecule has 0 aliphatic rings. The quantitative estimate of drug-likeness (QED) is 0.724. The van der Waals surface area contributed by atoms with Crippen molar-refractivity contribution in [1.29, 1.82) is 0 Å². The van der Waals surface area contributed by atoms with Gasteiger partial charge in [-0.05, 0) is 42.7 Å². The van der Waals surface area contributed by atoms with Gasteiger partial charge in [-0.3, -0.25) is 0 Å². The van der Waals surface area contributed by atoms with Crippen LogP contribution in [0.4, 0.5) is 0 Å². The zero-order chi connectivity index (χ0) is 10.1. The van der Waals surface area contributed by atoms with Crippen LogP contribution in [0, 0.1) is 13.0 Å². The van der Waals surface area contributed by atoms with Gasteiger partial charge in [0, 0.05) is 6.26 Å². The molecule has 0 aromatic heterocycles. The molecule has 0 heterocycles. The van der Waals surface area contributed by atoms with E-state index in [9.17, 15) is 8.42 Å². The van der Waals surface area contributed by atoms with Gasteiger partial charge in [0.2, 0.25) is 0 Å². The zero-order valence-corrected chi connectivity index (χ0v) is 8.90. The average Bonchev–Trinajstić information content (AvgIpc) is 2.01. The molecule has 0 bridgehead atoms. The first-order valence-electron chi connectivity index (χ1n) is 4.16. The van der Waals surface area contributed by atoms with Crippen molar-refractivity contribution in [3.63, 3.8) is 0 Å². The highest BCUT2D eigenvalue weighted by Crippen LogP contribution is 2.14. The summed E-state index contributed by atoms with van der Waals surface area (Å²) in [6.45, 7) is 3.84. The molecule has 0 spiro atoms. The molecule has 0 fully saturated rings. The third-order valence-electron chi connectivity index (χ3n) is 1.84. The Morgan fingerprint density at radius 2 is 2.00 bits per heavy atom. The molecule has 13 heavy (non-hydrogen) atoms. The van der Waals surface area contributed by atoms with Crippen LogP contribution < -0.4 is 0 Å². The minimum atomic E-state index is -3.08. The molecule has 1 aromatic rings. The minimum Gasteiger partial charge on any atom is -0.224 e. The van der Waals surface area contributed by atoms with Crippen LogP contribution in [0.2, 0.25) is 0 Å². The van der Waals surface area contributed by atoms with Crippen molar-refractivity contribution in [3.05, 3.63) is 29.3 Å². The molecule has 1 radical (unpaired) electrons. The van der Waals surface area contributed by atoms with Crippen LogP contribution in [0.1, 0.15) is 18.1 Å². The van der Waals surface area contributed by atoms with Gasteiger partial charge in [-0.15, -0.1) is 0 Å². The molecule has 2 nitrogen and oxygen atoms in total. The number of hydrogen-bond acceptors (Lipinski definition) is 2. The van der Waals surface area contributed by atoms with Crippen molar-refractivity contribution in [2.24, 2.45) is 0 Å². The summed E-state index contributed by atoms with van der Waals surface area (Å²) >= 11 is 0. The fraction of sp³-hybridized carbons (Fsp3) is 0.400. The van der Waals surface area contributed by atoms with Crippen LogP contribution in [0.3, 0.4) is 0 Å². The van der Waals surface area contributed by atoms with E-state index in [-0.39, 0.29) is 0 Å². The second kappa shape index (κ2) is 3.50. The molecule has 0 amide bonds. The van der Waals surface area contributed by atoms with Crippen molar-refractivity contribution in [3.8, 4) is 0 Å². The second-order valence-corrected chi connectivity index (χ2v) is 5.17. The fourth-order valence-corrected chi connectivity index (χ4v) is 1.90. The summed E-state index contributed by atoms with van der Waals surface area (Å²) in [7, 11) is -3.08. The summed E-state index contributed by atoms with van der Waals surface area (Å²) in [6, 6.07) is 6.44. The van der Waals surface area contributed by atoms with Gasteiger partial charge in [0.15, 0.2) is 9.84 Å². The molecule has 1 aromatic carbocycles. The van der Waals surface area contributed by atoms with Crippen molar-refractivity contribution in [2.75, 3.05) is 6.26 Å². The number of benzene rings is 1. The first-order valence-corrected chi connectivity index (χ1v) is 6.05. The van der Waals surface area contributed by atoms with Crippen molar-refractivity contribution >= 4 is 9.84 Å². The maximum absolute atomic E-state index is 11.2. The molecule has 0 saturated carbocycles. The highest BCUT2D eigenvalue weighted by Gasteiger charge is 2.08. The van der Waals surface area contributed by atoms with Crippen molar-refractivity contribution < 1.29 is 8.42 Å². The highest BCUT2D eigenvalue weighted by molar-refractivity contribution is 7.90. The molecule has 0 atom stereocenters. The van der Waals surface area contributed by atoms with Gasteiger partial charge in [0.1, 0.15) is 0 Å². The summed E-state index contributed by atoms with van der Waals surface area (Å²) in [4.78, 5) is 0.389. The standard InChI is InChI=1S/C10H13O2S/c1-4-9-5-8(2)6-10(7-9)13(3,11)12/h6-7H,4H2,1-3H3. The monoisotopic (exact) mass is 197 g/mol. The Labute approximate surface area is 79.5 Å². The summed E-state index contributed by atoms with van der Waals surface area (Å²) in [5, 5.41) is 0. The number of hydrogen-bond donors (Lipinski definition) is 0. The zero-order valence-electron chi connectivity index (χ0n) is 8.09. The molecule has 3 heteroatoms. The lowest BCUT2D eigenvalue weighted by Gasteiger charge is -2.03. The molecule has 0 aliphatic heterocycles. The van der Waals surface area contributed by atoms with E-state index in [0.29, 0.717) is 4.90 Å². The Bertz CT molecular complexity index is 405. The molecule has 0 N–H and O–H groups in total. The number of rotatable bonds is 2. The van der Waals surface area contributed by atoms with E-state index in [2.05, 4.69) is 6.07 Å². The largest absolute Gasteiger partial charge is 0.224 e. The van der Waals surface area contributed by atoms with E-state index >= 15 is 0 Å².